The Balaban J connectivity index is 1.87. The predicted molar refractivity (Wildman–Crippen MR) is 99.2 cm³/mol. The zero-order valence-corrected chi connectivity index (χ0v) is 15.3. The Morgan fingerprint density at radius 3 is 1.88 bits per heavy atom. The van der Waals surface area contributed by atoms with Crippen LogP contribution in [0.1, 0.15) is 83.1 Å². The van der Waals surface area contributed by atoms with Gasteiger partial charge in [-0.3, -0.25) is 4.79 Å². The molecule has 136 valence electrons. The van der Waals surface area contributed by atoms with Crippen LogP contribution in [-0.2, 0) is 16.0 Å². The molecule has 1 aromatic rings. The second kappa shape index (κ2) is 13.9. The lowest BCUT2D eigenvalue weighted by Gasteiger charge is -2.05. The fourth-order valence-electron chi connectivity index (χ4n) is 2.78. The minimum Gasteiger partial charge on any atom is -0.508 e. The van der Waals surface area contributed by atoms with Crippen LogP contribution in [0.3, 0.4) is 0 Å². The minimum absolute atomic E-state index is 0.187. The third-order valence-electron chi connectivity index (χ3n) is 4.30. The summed E-state index contributed by atoms with van der Waals surface area (Å²) in [5.74, 6) is 0.0286. The highest BCUT2D eigenvalue weighted by molar-refractivity contribution is 5.72. The lowest BCUT2D eigenvalue weighted by atomic mass is 10.1. The summed E-state index contributed by atoms with van der Waals surface area (Å²) in [6, 6.07) is 6.68. The average molecular weight is 334 g/mol. The summed E-state index contributed by atoms with van der Waals surface area (Å²) < 4.78 is 5.26. The molecule has 1 aromatic carbocycles. The minimum atomic E-state index is -0.187. The van der Waals surface area contributed by atoms with Gasteiger partial charge in [-0.1, -0.05) is 83.3 Å². The van der Waals surface area contributed by atoms with Crippen LogP contribution < -0.4 is 0 Å². The molecule has 0 aliphatic rings. The van der Waals surface area contributed by atoms with Gasteiger partial charge >= 0.3 is 5.97 Å². The first kappa shape index (κ1) is 20.5. The topological polar surface area (TPSA) is 46.5 Å². The van der Waals surface area contributed by atoms with E-state index in [0.717, 1.165) is 18.4 Å². The number of ether oxygens (including phenoxy) is 1. The molecule has 0 amide bonds. The van der Waals surface area contributed by atoms with E-state index in [1.165, 1.54) is 57.8 Å². The summed E-state index contributed by atoms with van der Waals surface area (Å²) in [5.41, 5.74) is 0.872. The molecule has 0 spiro atoms. The molecule has 1 rings (SSSR count). The monoisotopic (exact) mass is 334 g/mol. The summed E-state index contributed by atoms with van der Waals surface area (Å²) in [5, 5.41) is 9.20. The molecule has 3 heteroatoms. The van der Waals surface area contributed by atoms with E-state index in [-0.39, 0.29) is 18.1 Å². The van der Waals surface area contributed by atoms with Crippen molar-refractivity contribution in [3.63, 3.8) is 0 Å². The van der Waals surface area contributed by atoms with E-state index in [0.29, 0.717) is 6.61 Å². The quantitative estimate of drug-likeness (QED) is 0.346. The fraction of sp³-hybridized carbons (Fsp3) is 0.667. The van der Waals surface area contributed by atoms with Gasteiger partial charge in [0.25, 0.3) is 0 Å². The van der Waals surface area contributed by atoms with Gasteiger partial charge in [0.15, 0.2) is 0 Å². The molecule has 0 aliphatic heterocycles. The van der Waals surface area contributed by atoms with E-state index in [2.05, 4.69) is 6.92 Å². The number of esters is 1. The summed E-state index contributed by atoms with van der Waals surface area (Å²) >= 11 is 0. The molecule has 3 nitrogen and oxygen atoms in total. The summed E-state index contributed by atoms with van der Waals surface area (Å²) in [7, 11) is 0. The molecule has 0 unspecified atom stereocenters. The maximum absolute atomic E-state index is 11.7. The van der Waals surface area contributed by atoms with E-state index < -0.39 is 0 Å². The molecule has 0 aromatic heterocycles. The summed E-state index contributed by atoms with van der Waals surface area (Å²) in [4.78, 5) is 11.7. The van der Waals surface area contributed by atoms with Gasteiger partial charge in [0.1, 0.15) is 5.75 Å². The molecule has 0 heterocycles. The third kappa shape index (κ3) is 11.1. The smallest absolute Gasteiger partial charge is 0.310 e. The molecule has 1 N–H and O–H groups in total. The van der Waals surface area contributed by atoms with Crippen molar-refractivity contribution in [2.45, 2.75) is 84.0 Å². The van der Waals surface area contributed by atoms with Gasteiger partial charge in [-0.2, -0.15) is 0 Å². The number of unbranched alkanes of at least 4 members (excludes halogenated alkanes) is 10. The van der Waals surface area contributed by atoms with Gasteiger partial charge < -0.3 is 9.84 Å². The maximum Gasteiger partial charge on any atom is 0.310 e. The molecule has 0 aliphatic carbocycles. The van der Waals surface area contributed by atoms with Crippen molar-refractivity contribution in [3.8, 4) is 5.75 Å². The first-order valence-electron chi connectivity index (χ1n) is 9.66. The van der Waals surface area contributed by atoms with Crippen LogP contribution in [0.4, 0.5) is 0 Å². The van der Waals surface area contributed by atoms with E-state index in [1.807, 2.05) is 0 Å². The Hall–Kier alpha value is -1.51. The molecule has 24 heavy (non-hydrogen) atoms. The highest BCUT2D eigenvalue weighted by Gasteiger charge is 2.04. The van der Waals surface area contributed by atoms with E-state index >= 15 is 0 Å². The molecule has 0 saturated carbocycles. The standard InChI is InChI=1S/C21H34O3/c1-2-3-4-5-6-7-8-9-10-11-12-17-24-21(23)18-19-13-15-20(22)16-14-19/h13-16,22H,2-12,17-18H2,1H3. The number of aromatic hydroxyl groups is 1. The van der Waals surface area contributed by atoms with Crippen LogP contribution in [0.15, 0.2) is 24.3 Å². The van der Waals surface area contributed by atoms with Crippen LogP contribution in [0.2, 0.25) is 0 Å². The van der Waals surface area contributed by atoms with Crippen LogP contribution in [0.25, 0.3) is 0 Å². The lowest BCUT2D eigenvalue weighted by molar-refractivity contribution is -0.142. The fourth-order valence-corrected chi connectivity index (χ4v) is 2.78. The van der Waals surface area contributed by atoms with Gasteiger partial charge in [-0.25, -0.2) is 0 Å². The van der Waals surface area contributed by atoms with Crippen molar-refractivity contribution in [2.24, 2.45) is 0 Å². The number of benzene rings is 1. The first-order valence-corrected chi connectivity index (χ1v) is 9.66. The number of phenolic OH excluding ortho intramolecular Hbond substituents is 1. The number of hydrogen-bond donors (Lipinski definition) is 1. The Morgan fingerprint density at radius 1 is 0.833 bits per heavy atom. The van der Waals surface area contributed by atoms with Crippen molar-refractivity contribution in [2.75, 3.05) is 6.61 Å². The Bertz CT molecular complexity index is 425. The van der Waals surface area contributed by atoms with Crippen molar-refractivity contribution in [1.29, 1.82) is 0 Å². The highest BCUT2D eigenvalue weighted by Crippen LogP contribution is 2.12. The van der Waals surface area contributed by atoms with Gasteiger partial charge in [0.05, 0.1) is 13.0 Å². The van der Waals surface area contributed by atoms with E-state index in [1.54, 1.807) is 24.3 Å². The number of carbonyl (C=O) groups excluding carboxylic acids is 1. The Labute approximate surface area is 147 Å². The molecule has 0 saturated heterocycles. The van der Waals surface area contributed by atoms with Crippen LogP contribution >= 0.6 is 0 Å². The van der Waals surface area contributed by atoms with Crippen molar-refractivity contribution in [1.82, 2.24) is 0 Å². The normalized spacial score (nSPS) is 10.7. The van der Waals surface area contributed by atoms with Gasteiger partial charge in [-0.05, 0) is 24.1 Å². The van der Waals surface area contributed by atoms with Gasteiger partial charge in [0, 0.05) is 0 Å². The molecule has 0 atom stereocenters. The van der Waals surface area contributed by atoms with E-state index in [4.69, 9.17) is 4.74 Å². The van der Waals surface area contributed by atoms with Gasteiger partial charge in [0.2, 0.25) is 0 Å². The highest BCUT2D eigenvalue weighted by atomic mass is 16.5. The Kier molecular flexibility index (Phi) is 11.9. The molecule has 0 fully saturated rings. The lowest BCUT2D eigenvalue weighted by Crippen LogP contribution is -2.09. The number of phenols is 1. The first-order chi connectivity index (χ1) is 11.7. The SMILES string of the molecule is CCCCCCCCCCCCCOC(=O)Cc1ccc(O)cc1. The number of rotatable bonds is 14. The van der Waals surface area contributed by atoms with E-state index in [9.17, 15) is 9.90 Å². The largest absolute Gasteiger partial charge is 0.508 e. The second-order valence-electron chi connectivity index (χ2n) is 6.60. The molecule has 0 bridgehead atoms. The second-order valence-corrected chi connectivity index (χ2v) is 6.60. The number of carbonyl (C=O) groups is 1. The maximum atomic E-state index is 11.7. The van der Waals surface area contributed by atoms with Crippen molar-refractivity contribution < 1.29 is 14.6 Å². The van der Waals surface area contributed by atoms with Crippen LogP contribution in [0, 0.1) is 0 Å². The Morgan fingerprint density at radius 2 is 1.33 bits per heavy atom. The van der Waals surface area contributed by atoms with Crippen LogP contribution in [-0.4, -0.2) is 17.7 Å². The van der Waals surface area contributed by atoms with Gasteiger partial charge in [-0.15, -0.1) is 0 Å². The summed E-state index contributed by atoms with van der Waals surface area (Å²) in [6.45, 7) is 2.78. The average Bonchev–Trinajstić information content (AvgIpc) is 2.58. The summed E-state index contributed by atoms with van der Waals surface area (Å²) in [6.07, 6.45) is 14.5. The predicted octanol–water partition coefficient (Wildman–Crippen LogP) is 5.79. The zero-order valence-electron chi connectivity index (χ0n) is 15.3. The number of hydrogen-bond acceptors (Lipinski definition) is 3. The molecular weight excluding hydrogens is 300 g/mol. The zero-order chi connectivity index (χ0) is 17.5. The van der Waals surface area contributed by atoms with Crippen molar-refractivity contribution in [3.05, 3.63) is 29.8 Å². The van der Waals surface area contributed by atoms with Crippen molar-refractivity contribution >= 4 is 5.97 Å². The molecule has 0 radical (unpaired) electrons. The third-order valence-corrected chi connectivity index (χ3v) is 4.30. The molecular formula is C21H34O3. The van der Waals surface area contributed by atoms with Crippen LogP contribution in [0.5, 0.6) is 5.75 Å².